The van der Waals surface area contributed by atoms with Gasteiger partial charge in [0, 0.05) is 10.1 Å². The number of halogens is 1. The predicted octanol–water partition coefficient (Wildman–Crippen LogP) is 4.91. The van der Waals surface area contributed by atoms with Crippen molar-refractivity contribution in [1.29, 1.82) is 0 Å². The van der Waals surface area contributed by atoms with Crippen molar-refractivity contribution in [3.63, 3.8) is 0 Å². The fourth-order valence-corrected chi connectivity index (χ4v) is 3.13. The van der Waals surface area contributed by atoms with Gasteiger partial charge in [0.25, 0.3) is 0 Å². The molecule has 3 rings (SSSR count). The van der Waals surface area contributed by atoms with Gasteiger partial charge in [-0.2, -0.15) is 4.98 Å². The van der Waals surface area contributed by atoms with Gasteiger partial charge in [-0.3, -0.25) is 0 Å². The van der Waals surface area contributed by atoms with E-state index in [4.69, 9.17) is 4.74 Å². The zero-order valence-corrected chi connectivity index (χ0v) is 14.4. The molecule has 0 aliphatic heterocycles. The van der Waals surface area contributed by atoms with Crippen LogP contribution in [-0.4, -0.2) is 16.5 Å². The number of hydrogen-bond acceptors (Lipinski definition) is 5. The molecular formula is C15H14IN3OS. The minimum atomic E-state index is 0.599. The van der Waals surface area contributed by atoms with Crippen LogP contribution in [0.4, 0.5) is 5.95 Å². The molecular weight excluding hydrogens is 397 g/mol. The first-order chi connectivity index (χ1) is 10.3. The molecule has 0 saturated heterocycles. The number of ether oxygens (including phenoxy) is 1. The third kappa shape index (κ3) is 3.44. The van der Waals surface area contributed by atoms with Gasteiger partial charge in [-0.25, -0.2) is 4.98 Å². The molecule has 0 radical (unpaired) electrons. The monoisotopic (exact) mass is 411 g/mol. The van der Waals surface area contributed by atoms with Crippen molar-refractivity contribution in [2.45, 2.75) is 13.3 Å². The molecule has 108 valence electrons. The van der Waals surface area contributed by atoms with Crippen molar-refractivity contribution >= 4 is 50.1 Å². The SMILES string of the molecule is CCCNc1nc(Oc2cccc(I)c2)c2ccsc2n1. The van der Waals surface area contributed by atoms with Gasteiger partial charge in [0.05, 0.1) is 5.39 Å². The lowest BCUT2D eigenvalue weighted by Gasteiger charge is -2.09. The van der Waals surface area contributed by atoms with Gasteiger partial charge < -0.3 is 10.1 Å². The molecule has 0 amide bonds. The highest BCUT2D eigenvalue weighted by molar-refractivity contribution is 14.1. The number of fused-ring (bicyclic) bond motifs is 1. The molecule has 0 bridgehead atoms. The second-order valence-electron chi connectivity index (χ2n) is 4.48. The van der Waals surface area contributed by atoms with Gasteiger partial charge >= 0.3 is 0 Å². The Balaban J connectivity index is 1.97. The van der Waals surface area contributed by atoms with Gasteiger partial charge in [0.2, 0.25) is 11.8 Å². The Morgan fingerprint density at radius 3 is 3.00 bits per heavy atom. The molecule has 0 aliphatic rings. The summed E-state index contributed by atoms with van der Waals surface area (Å²) in [4.78, 5) is 9.94. The first-order valence-electron chi connectivity index (χ1n) is 6.69. The van der Waals surface area contributed by atoms with Crippen LogP contribution in [0.5, 0.6) is 11.6 Å². The van der Waals surface area contributed by atoms with Gasteiger partial charge in [-0.1, -0.05) is 13.0 Å². The fourth-order valence-electron chi connectivity index (χ4n) is 1.86. The summed E-state index contributed by atoms with van der Waals surface area (Å²) in [6, 6.07) is 9.91. The highest BCUT2D eigenvalue weighted by atomic mass is 127. The Bertz CT molecular complexity index is 760. The molecule has 0 aliphatic carbocycles. The molecule has 2 heterocycles. The standard InChI is InChI=1S/C15H14IN3OS/c1-2-7-17-15-18-13(12-6-8-21-14(12)19-15)20-11-5-3-4-10(16)9-11/h3-6,8-9H,2,7H2,1H3,(H,17,18,19). The molecule has 1 aromatic carbocycles. The highest BCUT2D eigenvalue weighted by Gasteiger charge is 2.11. The van der Waals surface area contributed by atoms with Crippen LogP contribution < -0.4 is 10.1 Å². The molecule has 6 heteroatoms. The Hall–Kier alpha value is -1.41. The zero-order valence-electron chi connectivity index (χ0n) is 11.5. The highest BCUT2D eigenvalue weighted by Crippen LogP contribution is 2.31. The van der Waals surface area contributed by atoms with E-state index in [-0.39, 0.29) is 0 Å². The number of benzene rings is 1. The number of thiophene rings is 1. The van der Waals surface area contributed by atoms with Crippen LogP contribution in [0, 0.1) is 3.57 Å². The Morgan fingerprint density at radius 1 is 1.29 bits per heavy atom. The van der Waals surface area contributed by atoms with Crippen molar-refractivity contribution in [1.82, 2.24) is 9.97 Å². The van der Waals surface area contributed by atoms with Crippen LogP contribution >= 0.6 is 33.9 Å². The number of nitrogens with zero attached hydrogens (tertiary/aromatic N) is 2. The average molecular weight is 411 g/mol. The maximum atomic E-state index is 5.96. The normalized spacial score (nSPS) is 10.8. The fraction of sp³-hybridized carbons (Fsp3) is 0.200. The van der Waals surface area contributed by atoms with Crippen LogP contribution in [0.2, 0.25) is 0 Å². The molecule has 0 fully saturated rings. The Morgan fingerprint density at radius 2 is 2.19 bits per heavy atom. The number of nitrogens with one attached hydrogen (secondary N) is 1. The number of hydrogen-bond donors (Lipinski definition) is 1. The summed E-state index contributed by atoms with van der Waals surface area (Å²) < 4.78 is 7.09. The maximum Gasteiger partial charge on any atom is 0.232 e. The van der Waals surface area contributed by atoms with Crippen LogP contribution in [0.1, 0.15) is 13.3 Å². The van der Waals surface area contributed by atoms with Gasteiger partial charge in [0.1, 0.15) is 10.6 Å². The van der Waals surface area contributed by atoms with E-state index in [9.17, 15) is 0 Å². The van der Waals surface area contributed by atoms with Crippen molar-refractivity contribution in [2.75, 3.05) is 11.9 Å². The molecule has 4 nitrogen and oxygen atoms in total. The van der Waals surface area contributed by atoms with Crippen LogP contribution in [0.25, 0.3) is 10.2 Å². The van der Waals surface area contributed by atoms with E-state index in [1.807, 2.05) is 35.7 Å². The van der Waals surface area contributed by atoms with Crippen LogP contribution in [-0.2, 0) is 0 Å². The van der Waals surface area contributed by atoms with E-state index < -0.39 is 0 Å². The largest absolute Gasteiger partial charge is 0.438 e. The minimum Gasteiger partial charge on any atom is -0.438 e. The first kappa shape index (κ1) is 14.5. The molecule has 3 aromatic rings. The Labute approximate surface area is 140 Å². The summed E-state index contributed by atoms with van der Waals surface area (Å²) in [5.41, 5.74) is 0. The zero-order chi connectivity index (χ0) is 14.7. The number of anilines is 1. The topological polar surface area (TPSA) is 47.0 Å². The van der Waals surface area contributed by atoms with E-state index >= 15 is 0 Å². The lowest BCUT2D eigenvalue weighted by atomic mass is 10.3. The molecule has 0 spiro atoms. The van der Waals surface area contributed by atoms with E-state index in [0.29, 0.717) is 11.8 Å². The summed E-state index contributed by atoms with van der Waals surface area (Å²) in [5, 5.41) is 6.17. The summed E-state index contributed by atoms with van der Waals surface area (Å²) in [5.74, 6) is 2.00. The smallest absolute Gasteiger partial charge is 0.232 e. The second kappa shape index (κ2) is 6.57. The average Bonchev–Trinajstić information content (AvgIpc) is 2.94. The summed E-state index contributed by atoms with van der Waals surface area (Å²) in [7, 11) is 0. The van der Waals surface area contributed by atoms with E-state index in [1.54, 1.807) is 11.3 Å². The molecule has 0 atom stereocenters. The molecule has 0 unspecified atom stereocenters. The molecule has 21 heavy (non-hydrogen) atoms. The second-order valence-corrected chi connectivity index (χ2v) is 6.62. The van der Waals surface area contributed by atoms with Crippen LogP contribution in [0.15, 0.2) is 35.7 Å². The predicted molar refractivity (Wildman–Crippen MR) is 95.4 cm³/mol. The van der Waals surface area contributed by atoms with Crippen molar-refractivity contribution in [3.05, 3.63) is 39.3 Å². The van der Waals surface area contributed by atoms with E-state index in [2.05, 4.69) is 44.8 Å². The van der Waals surface area contributed by atoms with Crippen molar-refractivity contribution in [3.8, 4) is 11.6 Å². The first-order valence-corrected chi connectivity index (χ1v) is 8.64. The van der Waals surface area contributed by atoms with Gasteiger partial charge in [-0.15, -0.1) is 11.3 Å². The molecule has 0 saturated carbocycles. The third-order valence-corrected chi connectivity index (χ3v) is 4.31. The number of aromatic nitrogens is 2. The summed E-state index contributed by atoms with van der Waals surface area (Å²) >= 11 is 3.86. The van der Waals surface area contributed by atoms with Gasteiger partial charge in [-0.05, 0) is 58.7 Å². The Kier molecular flexibility index (Phi) is 4.54. The summed E-state index contributed by atoms with van der Waals surface area (Å²) in [6.45, 7) is 2.96. The quantitative estimate of drug-likeness (QED) is 0.607. The van der Waals surface area contributed by atoms with Crippen molar-refractivity contribution in [2.24, 2.45) is 0 Å². The third-order valence-electron chi connectivity index (χ3n) is 2.83. The molecule has 1 N–H and O–H groups in total. The van der Waals surface area contributed by atoms with Crippen LogP contribution in [0.3, 0.4) is 0 Å². The van der Waals surface area contributed by atoms with Gasteiger partial charge in [0.15, 0.2) is 0 Å². The van der Waals surface area contributed by atoms with Crippen molar-refractivity contribution < 1.29 is 4.74 Å². The number of rotatable bonds is 5. The minimum absolute atomic E-state index is 0.599. The lowest BCUT2D eigenvalue weighted by Crippen LogP contribution is -2.04. The van der Waals surface area contributed by atoms with E-state index in [0.717, 1.165) is 32.5 Å². The summed E-state index contributed by atoms with van der Waals surface area (Å²) in [6.07, 6.45) is 1.03. The maximum absolute atomic E-state index is 5.96. The molecule has 2 aromatic heterocycles. The van der Waals surface area contributed by atoms with E-state index in [1.165, 1.54) is 0 Å². The lowest BCUT2D eigenvalue weighted by molar-refractivity contribution is 0.468.